The number of fused-ring (bicyclic) bond motifs is 1. The molecule has 5 rings (SSSR count). The number of rotatable bonds is 9. The van der Waals surface area contributed by atoms with Gasteiger partial charge in [-0.25, -0.2) is 0 Å². The maximum absolute atomic E-state index is 13.2. The van der Waals surface area contributed by atoms with Crippen LogP contribution in [0.5, 0.6) is 0 Å². The summed E-state index contributed by atoms with van der Waals surface area (Å²) in [6.45, 7) is 2.72. The van der Waals surface area contributed by atoms with Crippen molar-refractivity contribution in [1.29, 1.82) is 0 Å². The van der Waals surface area contributed by atoms with E-state index < -0.39 is 0 Å². The van der Waals surface area contributed by atoms with Crippen LogP contribution in [0.15, 0.2) is 6.07 Å². The first-order valence-corrected chi connectivity index (χ1v) is 13.3. The van der Waals surface area contributed by atoms with Crippen LogP contribution in [-0.2, 0) is 31.1 Å². The zero-order valence-electron chi connectivity index (χ0n) is 19.4. The van der Waals surface area contributed by atoms with Crippen molar-refractivity contribution in [3.05, 3.63) is 32.6 Å². The molecule has 3 aliphatic carbocycles. The Hall–Kier alpha value is -2.06. The summed E-state index contributed by atoms with van der Waals surface area (Å²) < 4.78 is 1.81. The zero-order valence-corrected chi connectivity index (χ0v) is 21.0. The van der Waals surface area contributed by atoms with Crippen molar-refractivity contribution < 1.29 is 9.59 Å². The SMILES string of the molecule is Cc1cc(NC(=S)C[C@@H]2CCc3sc(CC(=O)C4CC4)c(C(=O)NCC4CC4)c3C2)n(C)n1. The molecule has 3 aliphatic rings. The second-order valence-corrected chi connectivity index (χ2v) is 11.7. The summed E-state index contributed by atoms with van der Waals surface area (Å²) in [5.74, 6) is 2.47. The monoisotopic (exact) mass is 484 g/mol. The van der Waals surface area contributed by atoms with E-state index in [0.717, 1.165) is 72.0 Å². The molecular formula is C25H32N4O2S2. The number of amides is 1. The molecule has 176 valence electrons. The topological polar surface area (TPSA) is 76.0 Å². The zero-order chi connectivity index (χ0) is 23.1. The van der Waals surface area contributed by atoms with E-state index in [0.29, 0.717) is 24.0 Å². The fourth-order valence-corrected chi connectivity index (χ4v) is 6.51. The number of thiocarbonyl (C=S) groups is 1. The molecule has 2 N–H and O–H groups in total. The van der Waals surface area contributed by atoms with Gasteiger partial charge >= 0.3 is 0 Å². The van der Waals surface area contributed by atoms with Crippen LogP contribution < -0.4 is 10.6 Å². The Morgan fingerprint density at radius 1 is 1.21 bits per heavy atom. The lowest BCUT2D eigenvalue weighted by atomic mass is 9.83. The van der Waals surface area contributed by atoms with Gasteiger partial charge in [-0.3, -0.25) is 14.3 Å². The molecule has 2 fully saturated rings. The van der Waals surface area contributed by atoms with E-state index in [4.69, 9.17) is 12.2 Å². The maximum atomic E-state index is 13.2. The van der Waals surface area contributed by atoms with Crippen LogP contribution in [-0.4, -0.2) is 33.0 Å². The molecule has 0 saturated heterocycles. The molecule has 0 aromatic carbocycles. The fraction of sp³-hybridized carbons (Fsp3) is 0.600. The predicted octanol–water partition coefficient (Wildman–Crippen LogP) is 4.39. The first kappa shape index (κ1) is 22.7. The average molecular weight is 485 g/mol. The number of carbonyl (C=O) groups excluding carboxylic acids is 2. The molecular weight excluding hydrogens is 452 g/mol. The number of nitrogens with one attached hydrogen (secondary N) is 2. The minimum Gasteiger partial charge on any atom is -0.352 e. The summed E-state index contributed by atoms with van der Waals surface area (Å²) in [6, 6.07) is 2.00. The van der Waals surface area contributed by atoms with Crippen molar-refractivity contribution in [2.45, 2.75) is 64.7 Å². The molecule has 0 spiro atoms. The summed E-state index contributed by atoms with van der Waals surface area (Å²) in [7, 11) is 1.91. The van der Waals surface area contributed by atoms with Gasteiger partial charge in [-0.15, -0.1) is 11.3 Å². The molecule has 0 aliphatic heterocycles. The molecule has 2 aromatic rings. The number of nitrogens with zero attached hydrogens (tertiary/aromatic N) is 2. The van der Waals surface area contributed by atoms with Gasteiger partial charge in [0.15, 0.2) is 0 Å². The molecule has 2 aromatic heterocycles. The Bertz CT molecular complexity index is 1090. The number of ketones is 1. The van der Waals surface area contributed by atoms with E-state index in [-0.39, 0.29) is 11.8 Å². The molecule has 1 atom stereocenters. The first-order chi connectivity index (χ1) is 15.9. The van der Waals surface area contributed by atoms with Gasteiger partial charge in [0.1, 0.15) is 11.6 Å². The number of anilines is 1. The highest BCUT2D eigenvalue weighted by molar-refractivity contribution is 7.80. The van der Waals surface area contributed by atoms with Crippen molar-refractivity contribution in [2.24, 2.45) is 24.8 Å². The van der Waals surface area contributed by atoms with E-state index in [1.165, 1.54) is 23.3 Å². The highest BCUT2D eigenvalue weighted by Gasteiger charge is 2.34. The summed E-state index contributed by atoms with van der Waals surface area (Å²) in [5.41, 5.74) is 2.93. The second kappa shape index (κ2) is 9.29. The average Bonchev–Trinajstić information content (AvgIpc) is 3.68. The Morgan fingerprint density at radius 3 is 2.67 bits per heavy atom. The number of Topliss-reactive ketones (excluding diaryl/α,β-unsaturated/α-hetero) is 1. The molecule has 6 nitrogen and oxygen atoms in total. The number of thiophene rings is 1. The normalized spacial score (nSPS) is 19.8. The highest BCUT2D eigenvalue weighted by atomic mass is 32.1. The van der Waals surface area contributed by atoms with Crippen molar-refractivity contribution in [3.63, 3.8) is 0 Å². The lowest BCUT2D eigenvalue weighted by Gasteiger charge is -2.23. The van der Waals surface area contributed by atoms with Crippen LogP contribution >= 0.6 is 23.6 Å². The first-order valence-electron chi connectivity index (χ1n) is 12.1. The molecule has 2 saturated carbocycles. The third-order valence-electron chi connectivity index (χ3n) is 7.02. The van der Waals surface area contributed by atoms with Gasteiger partial charge in [0.05, 0.1) is 16.2 Å². The van der Waals surface area contributed by atoms with E-state index >= 15 is 0 Å². The molecule has 33 heavy (non-hydrogen) atoms. The Labute approximate surface area is 204 Å². The molecule has 0 radical (unpaired) electrons. The Morgan fingerprint density at radius 2 is 2.00 bits per heavy atom. The fourth-order valence-electron chi connectivity index (χ4n) is 4.81. The largest absolute Gasteiger partial charge is 0.352 e. The summed E-state index contributed by atoms with van der Waals surface area (Å²) >= 11 is 7.37. The number of carbonyl (C=O) groups is 2. The maximum Gasteiger partial charge on any atom is 0.252 e. The van der Waals surface area contributed by atoms with E-state index in [1.54, 1.807) is 11.3 Å². The lowest BCUT2D eigenvalue weighted by molar-refractivity contribution is -0.119. The van der Waals surface area contributed by atoms with Crippen LogP contribution in [0.4, 0.5) is 5.82 Å². The quantitative estimate of drug-likeness (QED) is 0.517. The van der Waals surface area contributed by atoms with Crippen LogP contribution in [0.2, 0.25) is 0 Å². The molecule has 0 bridgehead atoms. The molecule has 0 unspecified atom stereocenters. The summed E-state index contributed by atoms with van der Waals surface area (Å²) in [4.78, 5) is 28.9. The standard InChI is InChI=1S/C25H32N4O2S2/c1-14-9-22(29(2)28-14)27-23(32)11-16-5-8-20-18(10-16)24(25(31)26-13-15-3-4-15)21(33-20)12-19(30)17-6-7-17/h9,15-17H,3-8,10-13H2,1-2H3,(H,26,31)(H,27,32)/t16-/m1/s1. The second-order valence-electron chi connectivity index (χ2n) is 10.0. The predicted molar refractivity (Wildman–Crippen MR) is 135 cm³/mol. The van der Waals surface area contributed by atoms with E-state index in [9.17, 15) is 9.59 Å². The smallest absolute Gasteiger partial charge is 0.252 e. The minimum absolute atomic E-state index is 0.0182. The molecule has 2 heterocycles. The third kappa shape index (κ3) is 5.38. The number of hydrogen-bond acceptors (Lipinski definition) is 5. The summed E-state index contributed by atoms with van der Waals surface area (Å²) in [5, 5.41) is 10.9. The van der Waals surface area contributed by atoms with Crippen molar-refractivity contribution in [2.75, 3.05) is 11.9 Å². The highest BCUT2D eigenvalue weighted by Crippen LogP contribution is 2.40. The number of aryl methyl sites for hydroxylation is 3. The van der Waals surface area contributed by atoms with E-state index in [1.807, 2.05) is 24.7 Å². The van der Waals surface area contributed by atoms with Gasteiger partial charge in [-0.05, 0) is 69.3 Å². The van der Waals surface area contributed by atoms with Crippen molar-refractivity contribution in [3.8, 4) is 0 Å². The van der Waals surface area contributed by atoms with Crippen LogP contribution in [0, 0.1) is 24.7 Å². The van der Waals surface area contributed by atoms with Crippen molar-refractivity contribution >= 4 is 46.1 Å². The van der Waals surface area contributed by atoms with Gasteiger partial charge in [-0.1, -0.05) is 12.2 Å². The number of aromatic nitrogens is 2. The van der Waals surface area contributed by atoms with Crippen molar-refractivity contribution in [1.82, 2.24) is 15.1 Å². The van der Waals surface area contributed by atoms with Crippen LogP contribution in [0.25, 0.3) is 0 Å². The molecule has 8 heteroatoms. The van der Waals surface area contributed by atoms with Gasteiger partial charge in [-0.2, -0.15) is 5.10 Å². The van der Waals surface area contributed by atoms with Gasteiger partial charge in [0.25, 0.3) is 5.91 Å². The van der Waals surface area contributed by atoms with E-state index in [2.05, 4.69) is 15.7 Å². The van der Waals surface area contributed by atoms with Crippen LogP contribution in [0.3, 0.4) is 0 Å². The number of hydrogen-bond donors (Lipinski definition) is 2. The lowest BCUT2D eigenvalue weighted by Crippen LogP contribution is -2.28. The van der Waals surface area contributed by atoms with Crippen LogP contribution in [0.1, 0.15) is 69.9 Å². The van der Waals surface area contributed by atoms with Gasteiger partial charge in [0, 0.05) is 48.2 Å². The molecule has 1 amide bonds. The Balaban J connectivity index is 1.31. The summed E-state index contributed by atoms with van der Waals surface area (Å²) in [6.07, 6.45) is 8.49. The van der Waals surface area contributed by atoms with Gasteiger partial charge in [0.2, 0.25) is 0 Å². The Kier molecular flexibility index (Phi) is 6.40. The minimum atomic E-state index is 0.0182. The third-order valence-corrected chi connectivity index (χ3v) is 8.58. The van der Waals surface area contributed by atoms with Gasteiger partial charge < -0.3 is 10.6 Å².